The molecular weight excluding hydrogens is 485 g/mol. The Kier molecular flexibility index (Phi) is 7.37. The summed E-state index contributed by atoms with van der Waals surface area (Å²) in [6, 6.07) is 16.5. The zero-order valence-electron chi connectivity index (χ0n) is 19.9. The van der Waals surface area contributed by atoms with Gasteiger partial charge in [0.15, 0.2) is 6.61 Å². The summed E-state index contributed by atoms with van der Waals surface area (Å²) in [5.74, 6) is -0.577. The number of carbonyl (C=O) groups excluding carboxylic acids is 2. The molecule has 8 nitrogen and oxygen atoms in total. The van der Waals surface area contributed by atoms with Crippen LogP contribution in [0.3, 0.4) is 0 Å². The quantitative estimate of drug-likeness (QED) is 0.493. The Bertz CT molecular complexity index is 1370. The van der Waals surface area contributed by atoms with Crippen molar-refractivity contribution in [3.8, 4) is 5.75 Å². The SMILES string of the molecule is CCN(CC)S(=O)(=O)c1ccc(C(=O)Nc2ccc3c(c2)N(Cc2ccc(F)cc2)C(=O)CO3)cc1. The third kappa shape index (κ3) is 5.24. The summed E-state index contributed by atoms with van der Waals surface area (Å²) in [6.07, 6.45) is 0. The monoisotopic (exact) mass is 511 g/mol. The fourth-order valence-corrected chi connectivity index (χ4v) is 5.38. The molecule has 4 rings (SSSR count). The highest BCUT2D eigenvalue weighted by Gasteiger charge is 2.26. The van der Waals surface area contributed by atoms with Crippen LogP contribution in [0, 0.1) is 5.82 Å². The average molecular weight is 512 g/mol. The van der Waals surface area contributed by atoms with Crippen LogP contribution in [-0.4, -0.2) is 44.2 Å². The Morgan fingerprint density at radius 2 is 1.69 bits per heavy atom. The summed E-state index contributed by atoms with van der Waals surface area (Å²) in [5.41, 5.74) is 1.93. The number of nitrogens with one attached hydrogen (secondary N) is 1. The van der Waals surface area contributed by atoms with Gasteiger partial charge in [-0.1, -0.05) is 26.0 Å². The summed E-state index contributed by atoms with van der Waals surface area (Å²) >= 11 is 0. The second-order valence-corrected chi connectivity index (χ2v) is 10.1. The number of ether oxygens (including phenoxy) is 1. The Labute approximate surface area is 209 Å². The molecule has 1 aliphatic rings. The maximum absolute atomic E-state index is 13.3. The second kappa shape index (κ2) is 10.5. The molecule has 3 aromatic carbocycles. The number of anilines is 2. The number of nitrogens with zero attached hydrogens (tertiary/aromatic N) is 2. The zero-order chi connectivity index (χ0) is 25.9. The average Bonchev–Trinajstić information content (AvgIpc) is 2.87. The van der Waals surface area contributed by atoms with E-state index < -0.39 is 15.9 Å². The number of hydrogen-bond acceptors (Lipinski definition) is 5. The van der Waals surface area contributed by atoms with Gasteiger partial charge >= 0.3 is 0 Å². The van der Waals surface area contributed by atoms with E-state index in [-0.39, 0.29) is 35.3 Å². The van der Waals surface area contributed by atoms with Gasteiger partial charge in [-0.3, -0.25) is 9.59 Å². The minimum Gasteiger partial charge on any atom is -0.482 e. The lowest BCUT2D eigenvalue weighted by atomic mass is 10.1. The van der Waals surface area contributed by atoms with E-state index in [0.717, 1.165) is 5.56 Å². The van der Waals surface area contributed by atoms with Gasteiger partial charge < -0.3 is 15.0 Å². The molecule has 36 heavy (non-hydrogen) atoms. The standard InChI is InChI=1S/C26H26FN3O5S/c1-3-29(4-2)36(33,34)22-12-7-19(8-13-22)26(32)28-21-11-14-24-23(15-21)30(25(31)17-35-24)16-18-5-9-20(27)10-6-18/h5-15H,3-4,16-17H2,1-2H3,(H,28,32). The van der Waals surface area contributed by atoms with Crippen LogP contribution < -0.4 is 15.0 Å². The second-order valence-electron chi connectivity index (χ2n) is 8.15. The Hall–Kier alpha value is -3.76. The molecule has 0 unspecified atom stereocenters. The molecule has 0 aromatic heterocycles. The number of rotatable bonds is 8. The van der Waals surface area contributed by atoms with E-state index in [0.29, 0.717) is 30.2 Å². The first-order valence-corrected chi connectivity index (χ1v) is 12.9. The molecule has 3 aromatic rings. The first-order chi connectivity index (χ1) is 17.2. The molecule has 0 radical (unpaired) electrons. The van der Waals surface area contributed by atoms with Crippen molar-refractivity contribution in [1.29, 1.82) is 0 Å². The predicted molar refractivity (Wildman–Crippen MR) is 134 cm³/mol. The van der Waals surface area contributed by atoms with Gasteiger partial charge in [0, 0.05) is 24.3 Å². The van der Waals surface area contributed by atoms with Gasteiger partial charge in [-0.25, -0.2) is 12.8 Å². The Morgan fingerprint density at radius 1 is 1.03 bits per heavy atom. The van der Waals surface area contributed by atoms with E-state index in [1.54, 1.807) is 44.2 Å². The molecule has 10 heteroatoms. The Balaban J connectivity index is 1.53. The lowest BCUT2D eigenvalue weighted by molar-refractivity contribution is -0.121. The van der Waals surface area contributed by atoms with Crippen LogP contribution in [0.15, 0.2) is 71.6 Å². The van der Waals surface area contributed by atoms with Gasteiger partial charge in [0.2, 0.25) is 10.0 Å². The fourth-order valence-electron chi connectivity index (χ4n) is 3.92. The van der Waals surface area contributed by atoms with Crippen LogP contribution in [0.4, 0.5) is 15.8 Å². The van der Waals surface area contributed by atoms with Crippen LogP contribution in [0.1, 0.15) is 29.8 Å². The molecule has 0 saturated carbocycles. The molecule has 0 fully saturated rings. The normalized spacial score (nSPS) is 13.3. The molecule has 0 aliphatic carbocycles. The van der Waals surface area contributed by atoms with Crippen molar-refractivity contribution in [2.24, 2.45) is 0 Å². The van der Waals surface area contributed by atoms with Crippen molar-refractivity contribution in [2.45, 2.75) is 25.3 Å². The highest BCUT2D eigenvalue weighted by atomic mass is 32.2. The Morgan fingerprint density at radius 3 is 2.33 bits per heavy atom. The summed E-state index contributed by atoms with van der Waals surface area (Å²) in [4.78, 5) is 27.1. The van der Waals surface area contributed by atoms with Crippen LogP contribution in [0.25, 0.3) is 0 Å². The summed E-state index contributed by atoms with van der Waals surface area (Å²) in [7, 11) is -3.62. The number of halogens is 1. The maximum Gasteiger partial charge on any atom is 0.265 e. The lowest BCUT2D eigenvalue weighted by Crippen LogP contribution is -2.38. The lowest BCUT2D eigenvalue weighted by Gasteiger charge is -2.30. The van der Waals surface area contributed by atoms with Crippen molar-refractivity contribution in [1.82, 2.24) is 4.31 Å². The highest BCUT2D eigenvalue weighted by Crippen LogP contribution is 2.35. The molecule has 188 valence electrons. The van der Waals surface area contributed by atoms with Crippen molar-refractivity contribution in [3.63, 3.8) is 0 Å². The van der Waals surface area contributed by atoms with Gasteiger partial charge in [0.25, 0.3) is 11.8 Å². The number of benzene rings is 3. The molecule has 0 spiro atoms. The van der Waals surface area contributed by atoms with E-state index in [1.807, 2.05) is 0 Å². The molecule has 0 atom stereocenters. The minimum atomic E-state index is -3.62. The van der Waals surface area contributed by atoms with E-state index in [2.05, 4.69) is 5.32 Å². The smallest absolute Gasteiger partial charge is 0.265 e. The number of fused-ring (bicyclic) bond motifs is 1. The first kappa shape index (κ1) is 25.3. The predicted octanol–water partition coefficient (Wildman–Crippen LogP) is 4.03. The summed E-state index contributed by atoms with van der Waals surface area (Å²) < 4.78 is 45.5. The molecule has 2 amide bonds. The largest absolute Gasteiger partial charge is 0.482 e. The van der Waals surface area contributed by atoms with Gasteiger partial charge in [-0.15, -0.1) is 0 Å². The number of amides is 2. The summed E-state index contributed by atoms with van der Waals surface area (Å²) in [5, 5.41) is 2.78. The third-order valence-electron chi connectivity index (χ3n) is 5.87. The first-order valence-electron chi connectivity index (χ1n) is 11.5. The summed E-state index contributed by atoms with van der Waals surface area (Å²) in [6.45, 7) is 4.33. The van der Waals surface area contributed by atoms with Crippen LogP contribution in [0.2, 0.25) is 0 Å². The molecule has 1 aliphatic heterocycles. The van der Waals surface area contributed by atoms with Gasteiger partial charge in [-0.05, 0) is 60.2 Å². The third-order valence-corrected chi connectivity index (χ3v) is 7.94. The topological polar surface area (TPSA) is 96.0 Å². The van der Waals surface area contributed by atoms with E-state index in [9.17, 15) is 22.4 Å². The number of hydrogen-bond donors (Lipinski definition) is 1. The molecule has 0 saturated heterocycles. The van der Waals surface area contributed by atoms with Crippen molar-refractivity contribution in [3.05, 3.63) is 83.7 Å². The van der Waals surface area contributed by atoms with Gasteiger partial charge in [0.05, 0.1) is 17.1 Å². The van der Waals surface area contributed by atoms with Crippen LogP contribution in [0.5, 0.6) is 5.75 Å². The van der Waals surface area contributed by atoms with E-state index >= 15 is 0 Å². The maximum atomic E-state index is 13.3. The van der Waals surface area contributed by atoms with E-state index in [1.165, 1.54) is 45.6 Å². The molecule has 1 N–H and O–H groups in total. The molecular formula is C26H26FN3O5S. The van der Waals surface area contributed by atoms with Crippen molar-refractivity contribution < 1.29 is 27.1 Å². The highest BCUT2D eigenvalue weighted by molar-refractivity contribution is 7.89. The van der Waals surface area contributed by atoms with Crippen LogP contribution in [-0.2, 0) is 21.4 Å². The zero-order valence-corrected chi connectivity index (χ0v) is 20.7. The van der Waals surface area contributed by atoms with E-state index in [4.69, 9.17) is 4.74 Å². The molecule has 1 heterocycles. The fraction of sp³-hybridized carbons (Fsp3) is 0.231. The van der Waals surface area contributed by atoms with Crippen molar-refractivity contribution >= 4 is 33.2 Å². The molecule has 0 bridgehead atoms. The van der Waals surface area contributed by atoms with Crippen molar-refractivity contribution in [2.75, 3.05) is 29.9 Å². The number of sulfonamides is 1. The van der Waals surface area contributed by atoms with Crippen LogP contribution >= 0.6 is 0 Å². The minimum absolute atomic E-state index is 0.114. The van der Waals surface area contributed by atoms with Gasteiger partial charge in [0.1, 0.15) is 11.6 Å². The number of carbonyl (C=O) groups is 2. The van der Waals surface area contributed by atoms with Gasteiger partial charge in [-0.2, -0.15) is 4.31 Å².